The highest BCUT2D eigenvalue weighted by Gasteiger charge is 2.46. The summed E-state index contributed by atoms with van der Waals surface area (Å²) in [5.74, 6) is -0.0300. The molecule has 0 aromatic heterocycles. The Balaban J connectivity index is 1.78. The topological polar surface area (TPSA) is 38.8 Å². The zero-order valence-corrected chi connectivity index (χ0v) is 7.57. The summed E-state index contributed by atoms with van der Waals surface area (Å²) in [6.07, 6.45) is 5.16. The van der Waals surface area contributed by atoms with Crippen molar-refractivity contribution in [1.29, 1.82) is 0 Å². The largest absolute Gasteiger partial charge is 0.461 e. The second kappa shape index (κ2) is 3.50. The minimum Gasteiger partial charge on any atom is -0.461 e. The van der Waals surface area contributed by atoms with Gasteiger partial charge in [0.1, 0.15) is 6.61 Å². The molecule has 72 valence electrons. The number of rotatable bonds is 3. The van der Waals surface area contributed by atoms with Gasteiger partial charge in [0.2, 0.25) is 0 Å². The monoisotopic (exact) mass is 182 g/mol. The Morgan fingerprint density at radius 2 is 2.38 bits per heavy atom. The Kier molecular flexibility index (Phi) is 2.36. The molecule has 1 saturated heterocycles. The minimum absolute atomic E-state index is 0.0590. The summed E-state index contributed by atoms with van der Waals surface area (Å²) < 4.78 is 10.3. The molecule has 3 atom stereocenters. The van der Waals surface area contributed by atoms with E-state index in [4.69, 9.17) is 9.47 Å². The highest BCUT2D eigenvalue weighted by atomic mass is 16.6. The molecular weight excluding hydrogens is 168 g/mol. The van der Waals surface area contributed by atoms with E-state index in [1.807, 2.05) is 0 Å². The van der Waals surface area contributed by atoms with Crippen molar-refractivity contribution in [1.82, 2.24) is 0 Å². The van der Waals surface area contributed by atoms with Gasteiger partial charge in [-0.25, -0.2) is 0 Å². The summed E-state index contributed by atoms with van der Waals surface area (Å²) in [6.45, 7) is 3.82. The molecule has 1 saturated carbocycles. The molecule has 0 radical (unpaired) electrons. The SMILES string of the molecule is C=CCOC(=O)[C@H]1CC[C@@H]2O[C@@H]2C1. The van der Waals surface area contributed by atoms with Crippen molar-refractivity contribution >= 4 is 5.97 Å². The van der Waals surface area contributed by atoms with Gasteiger partial charge < -0.3 is 9.47 Å². The molecule has 13 heavy (non-hydrogen) atoms. The van der Waals surface area contributed by atoms with E-state index in [1.165, 1.54) is 0 Å². The van der Waals surface area contributed by atoms with Crippen LogP contribution < -0.4 is 0 Å². The molecule has 0 spiro atoms. The van der Waals surface area contributed by atoms with Gasteiger partial charge in [0, 0.05) is 0 Å². The summed E-state index contributed by atoms with van der Waals surface area (Å²) in [4.78, 5) is 11.4. The maximum atomic E-state index is 11.4. The molecule has 0 N–H and O–H groups in total. The Hall–Kier alpha value is -0.830. The highest BCUT2D eigenvalue weighted by molar-refractivity contribution is 5.72. The van der Waals surface area contributed by atoms with E-state index in [-0.39, 0.29) is 11.9 Å². The van der Waals surface area contributed by atoms with Crippen molar-refractivity contribution in [2.45, 2.75) is 31.5 Å². The van der Waals surface area contributed by atoms with Crippen LogP contribution in [0.3, 0.4) is 0 Å². The fraction of sp³-hybridized carbons (Fsp3) is 0.700. The second-order valence-electron chi connectivity index (χ2n) is 3.64. The van der Waals surface area contributed by atoms with Gasteiger partial charge in [-0.15, -0.1) is 0 Å². The first-order valence-electron chi connectivity index (χ1n) is 4.74. The van der Waals surface area contributed by atoms with Crippen molar-refractivity contribution in [3.63, 3.8) is 0 Å². The van der Waals surface area contributed by atoms with Gasteiger partial charge in [-0.05, 0) is 19.3 Å². The standard InChI is InChI=1S/C10H14O3/c1-2-5-12-10(11)7-3-4-8-9(6-7)13-8/h2,7-9H,1,3-6H2/t7-,8-,9+/m0/s1. The first-order valence-corrected chi connectivity index (χ1v) is 4.74. The molecule has 0 aromatic carbocycles. The molecular formula is C10H14O3. The number of fused-ring (bicyclic) bond motifs is 1. The van der Waals surface area contributed by atoms with Crippen LogP contribution in [-0.2, 0) is 14.3 Å². The quantitative estimate of drug-likeness (QED) is 0.375. The maximum absolute atomic E-state index is 11.4. The average molecular weight is 182 g/mol. The van der Waals surface area contributed by atoms with Crippen LogP contribution in [0.1, 0.15) is 19.3 Å². The van der Waals surface area contributed by atoms with Crippen LogP contribution in [0.2, 0.25) is 0 Å². The summed E-state index contributed by atoms with van der Waals surface area (Å²) >= 11 is 0. The molecule has 1 aliphatic carbocycles. The van der Waals surface area contributed by atoms with Gasteiger partial charge >= 0.3 is 5.97 Å². The number of hydrogen-bond donors (Lipinski definition) is 0. The van der Waals surface area contributed by atoms with Gasteiger partial charge in [-0.2, -0.15) is 0 Å². The molecule has 3 nitrogen and oxygen atoms in total. The molecule has 3 heteroatoms. The van der Waals surface area contributed by atoms with Crippen molar-refractivity contribution < 1.29 is 14.3 Å². The lowest BCUT2D eigenvalue weighted by Crippen LogP contribution is -2.23. The molecule has 2 fully saturated rings. The Morgan fingerprint density at radius 3 is 3.08 bits per heavy atom. The smallest absolute Gasteiger partial charge is 0.309 e. The number of carbonyl (C=O) groups is 1. The molecule has 1 aliphatic heterocycles. The molecule has 1 heterocycles. The van der Waals surface area contributed by atoms with Gasteiger partial charge in [0.15, 0.2) is 0 Å². The molecule has 0 amide bonds. The van der Waals surface area contributed by atoms with Gasteiger partial charge in [-0.3, -0.25) is 4.79 Å². The van der Waals surface area contributed by atoms with Crippen molar-refractivity contribution in [3.8, 4) is 0 Å². The molecule has 2 aliphatic rings. The first-order chi connectivity index (χ1) is 6.31. The van der Waals surface area contributed by atoms with Crippen molar-refractivity contribution in [2.75, 3.05) is 6.61 Å². The zero-order chi connectivity index (χ0) is 9.26. The van der Waals surface area contributed by atoms with Gasteiger partial charge in [0.25, 0.3) is 0 Å². The number of hydrogen-bond acceptors (Lipinski definition) is 3. The molecule has 0 unspecified atom stereocenters. The zero-order valence-electron chi connectivity index (χ0n) is 7.57. The van der Waals surface area contributed by atoms with E-state index in [0.29, 0.717) is 18.8 Å². The Bertz CT molecular complexity index is 224. The lowest BCUT2D eigenvalue weighted by atomic mass is 9.89. The van der Waals surface area contributed by atoms with Crippen LogP contribution in [-0.4, -0.2) is 24.8 Å². The van der Waals surface area contributed by atoms with E-state index >= 15 is 0 Å². The number of epoxide rings is 1. The van der Waals surface area contributed by atoms with Gasteiger partial charge in [0.05, 0.1) is 18.1 Å². The Morgan fingerprint density at radius 1 is 1.54 bits per heavy atom. The van der Waals surface area contributed by atoms with Crippen LogP contribution in [0.5, 0.6) is 0 Å². The first kappa shape index (κ1) is 8.75. The number of ether oxygens (including phenoxy) is 2. The number of carbonyl (C=O) groups excluding carboxylic acids is 1. The third-order valence-electron chi connectivity index (χ3n) is 2.68. The van der Waals surface area contributed by atoms with Crippen LogP contribution in [0.25, 0.3) is 0 Å². The fourth-order valence-electron chi connectivity index (χ4n) is 1.88. The van der Waals surface area contributed by atoms with E-state index in [0.717, 1.165) is 19.3 Å². The number of esters is 1. The third kappa shape index (κ3) is 1.91. The fourth-order valence-corrected chi connectivity index (χ4v) is 1.88. The lowest BCUT2D eigenvalue weighted by Gasteiger charge is -2.16. The molecule has 0 bridgehead atoms. The second-order valence-corrected chi connectivity index (χ2v) is 3.64. The normalized spacial score (nSPS) is 36.2. The predicted octanol–water partition coefficient (Wildman–Crippen LogP) is 1.28. The van der Waals surface area contributed by atoms with Crippen molar-refractivity contribution in [2.24, 2.45) is 5.92 Å². The maximum Gasteiger partial charge on any atom is 0.309 e. The van der Waals surface area contributed by atoms with E-state index < -0.39 is 0 Å². The van der Waals surface area contributed by atoms with Crippen LogP contribution in [0.4, 0.5) is 0 Å². The summed E-state index contributed by atoms with van der Waals surface area (Å²) in [5.41, 5.74) is 0. The summed E-state index contributed by atoms with van der Waals surface area (Å²) in [5, 5.41) is 0. The van der Waals surface area contributed by atoms with Gasteiger partial charge in [-0.1, -0.05) is 12.7 Å². The lowest BCUT2D eigenvalue weighted by molar-refractivity contribution is -0.148. The Labute approximate surface area is 77.7 Å². The van der Waals surface area contributed by atoms with Crippen LogP contribution in [0, 0.1) is 5.92 Å². The van der Waals surface area contributed by atoms with Crippen LogP contribution in [0.15, 0.2) is 12.7 Å². The van der Waals surface area contributed by atoms with E-state index in [2.05, 4.69) is 6.58 Å². The van der Waals surface area contributed by atoms with E-state index in [9.17, 15) is 4.79 Å². The molecule has 2 rings (SSSR count). The minimum atomic E-state index is -0.0890. The van der Waals surface area contributed by atoms with Crippen molar-refractivity contribution in [3.05, 3.63) is 12.7 Å². The summed E-state index contributed by atoms with van der Waals surface area (Å²) in [6, 6.07) is 0. The third-order valence-corrected chi connectivity index (χ3v) is 2.68. The van der Waals surface area contributed by atoms with Crippen LogP contribution >= 0.6 is 0 Å². The average Bonchev–Trinajstić information content (AvgIpc) is 2.91. The predicted molar refractivity (Wildman–Crippen MR) is 47.2 cm³/mol. The van der Waals surface area contributed by atoms with E-state index in [1.54, 1.807) is 6.08 Å². The molecule has 0 aromatic rings. The highest BCUT2D eigenvalue weighted by Crippen LogP contribution is 2.39. The summed E-state index contributed by atoms with van der Waals surface area (Å²) in [7, 11) is 0.